The zero-order valence-corrected chi connectivity index (χ0v) is 14.8. The number of carbonyl (C=O) groups is 4. The molecule has 26 heavy (non-hydrogen) atoms. The van der Waals surface area contributed by atoms with E-state index in [2.05, 4.69) is 10.6 Å². The average Bonchev–Trinajstić information content (AvgIpc) is 3.45. The molecule has 0 aliphatic heterocycles. The Bertz CT molecular complexity index is 666. The highest BCUT2D eigenvalue weighted by Gasteiger charge is 2.46. The van der Waals surface area contributed by atoms with Crippen LogP contribution in [0.25, 0.3) is 0 Å². The third kappa shape index (κ3) is 3.63. The third-order valence-corrected chi connectivity index (χ3v) is 4.46. The maximum atomic E-state index is 13.1. The molecule has 140 valence electrons. The molecule has 0 bridgehead atoms. The summed E-state index contributed by atoms with van der Waals surface area (Å²) in [6.07, 6.45) is 1.50. The van der Waals surface area contributed by atoms with Crippen molar-refractivity contribution in [1.82, 2.24) is 10.6 Å². The lowest BCUT2D eigenvalue weighted by Crippen LogP contribution is -2.40. The lowest BCUT2D eigenvalue weighted by Gasteiger charge is -2.24. The minimum Gasteiger partial charge on any atom is -0.450 e. The summed E-state index contributed by atoms with van der Waals surface area (Å²) in [6.45, 7) is 3.61. The highest BCUT2D eigenvalue weighted by molar-refractivity contribution is 6.26. The Kier molecular flexibility index (Phi) is 5.11. The average molecular weight is 362 g/mol. The Labute approximate surface area is 151 Å². The quantitative estimate of drug-likeness (QED) is 0.699. The van der Waals surface area contributed by atoms with Crippen LogP contribution in [0.4, 0.5) is 9.59 Å². The predicted molar refractivity (Wildman–Crippen MR) is 89.8 cm³/mol. The van der Waals surface area contributed by atoms with Crippen molar-refractivity contribution in [1.29, 1.82) is 0 Å². The van der Waals surface area contributed by atoms with Gasteiger partial charge in [-0.15, -0.1) is 0 Å². The number of ether oxygens (including phenoxy) is 2. The number of nitrogens with one attached hydrogen (secondary N) is 2. The van der Waals surface area contributed by atoms with E-state index < -0.39 is 23.8 Å². The van der Waals surface area contributed by atoms with Gasteiger partial charge in [-0.3, -0.25) is 20.2 Å². The number of allylic oxidation sites excluding steroid dienone is 2. The molecule has 0 aromatic rings. The van der Waals surface area contributed by atoms with Gasteiger partial charge in [0.25, 0.3) is 0 Å². The summed E-state index contributed by atoms with van der Waals surface area (Å²) in [5, 5.41) is 4.91. The first kappa shape index (κ1) is 18.2. The van der Waals surface area contributed by atoms with Crippen molar-refractivity contribution in [2.45, 2.75) is 39.5 Å². The lowest BCUT2D eigenvalue weighted by atomic mass is 9.86. The smallest absolute Gasteiger partial charge is 0.411 e. The fraction of sp³-hybridized carbons (Fsp3) is 0.556. The Hall–Kier alpha value is -2.64. The van der Waals surface area contributed by atoms with Gasteiger partial charge < -0.3 is 9.47 Å². The largest absolute Gasteiger partial charge is 0.450 e. The number of Topliss-reactive ketones (excluding diaryl/α,β-unsaturated/α-hetero) is 2. The molecule has 8 nitrogen and oxygen atoms in total. The van der Waals surface area contributed by atoms with Crippen LogP contribution in [0.3, 0.4) is 0 Å². The van der Waals surface area contributed by atoms with Gasteiger partial charge in [-0.05, 0) is 51.4 Å². The van der Waals surface area contributed by atoms with Gasteiger partial charge in [0.1, 0.15) is 0 Å². The third-order valence-electron chi connectivity index (χ3n) is 4.46. The van der Waals surface area contributed by atoms with E-state index in [1.807, 2.05) is 0 Å². The summed E-state index contributed by atoms with van der Waals surface area (Å²) in [4.78, 5) is 49.8. The van der Waals surface area contributed by atoms with Crippen LogP contribution in [0.2, 0.25) is 0 Å². The maximum Gasteiger partial charge on any atom is 0.411 e. The van der Waals surface area contributed by atoms with Crippen LogP contribution in [0.15, 0.2) is 22.5 Å². The number of alkyl carbamates (subject to hydrolysis) is 2. The molecule has 3 aliphatic carbocycles. The fourth-order valence-corrected chi connectivity index (χ4v) is 3.05. The van der Waals surface area contributed by atoms with Gasteiger partial charge in [0, 0.05) is 11.1 Å². The highest BCUT2D eigenvalue weighted by atomic mass is 16.6. The molecule has 3 rings (SSSR count). The second-order valence-electron chi connectivity index (χ2n) is 6.48. The molecule has 0 aromatic carbocycles. The van der Waals surface area contributed by atoms with Crippen molar-refractivity contribution >= 4 is 23.8 Å². The van der Waals surface area contributed by atoms with E-state index in [1.165, 1.54) is 0 Å². The maximum absolute atomic E-state index is 13.1. The van der Waals surface area contributed by atoms with E-state index in [0.717, 1.165) is 25.7 Å². The van der Waals surface area contributed by atoms with Crippen molar-refractivity contribution < 1.29 is 28.7 Å². The Morgan fingerprint density at radius 3 is 1.42 bits per heavy atom. The first-order valence-electron chi connectivity index (χ1n) is 8.93. The zero-order chi connectivity index (χ0) is 18.8. The molecule has 0 aromatic heterocycles. The molecule has 8 heteroatoms. The molecule has 0 radical (unpaired) electrons. The van der Waals surface area contributed by atoms with Crippen LogP contribution in [-0.4, -0.2) is 37.0 Å². The Morgan fingerprint density at radius 2 is 1.15 bits per heavy atom. The van der Waals surface area contributed by atoms with Crippen LogP contribution in [0, 0.1) is 11.8 Å². The first-order valence-corrected chi connectivity index (χ1v) is 8.93. The SMILES string of the molecule is CCOC(=O)NC1=C(C2CC2)C(=O)C(NC(=O)OCC)=C(C2CC2)C1=O. The lowest BCUT2D eigenvalue weighted by molar-refractivity contribution is -0.117. The van der Waals surface area contributed by atoms with E-state index in [4.69, 9.17) is 9.47 Å². The summed E-state index contributed by atoms with van der Waals surface area (Å²) in [5.74, 6) is -1.03. The molecule has 2 amide bonds. The number of hydrogen-bond acceptors (Lipinski definition) is 6. The number of rotatable bonds is 6. The van der Waals surface area contributed by atoms with E-state index in [1.54, 1.807) is 13.8 Å². The summed E-state index contributed by atoms with van der Waals surface area (Å²) in [7, 11) is 0. The molecule has 0 unspecified atom stereocenters. The van der Waals surface area contributed by atoms with Gasteiger partial charge in [-0.1, -0.05) is 0 Å². The van der Waals surface area contributed by atoms with Crippen molar-refractivity contribution in [3.8, 4) is 0 Å². The normalized spacial score (nSPS) is 20.2. The van der Waals surface area contributed by atoms with Crippen molar-refractivity contribution in [3.05, 3.63) is 22.5 Å². The molecule has 0 heterocycles. The van der Waals surface area contributed by atoms with Crippen LogP contribution in [0.5, 0.6) is 0 Å². The summed E-state index contributed by atoms with van der Waals surface area (Å²) in [5.41, 5.74) is 0.484. The minimum absolute atomic E-state index is 0.00717. The second-order valence-corrected chi connectivity index (χ2v) is 6.48. The number of carbonyl (C=O) groups excluding carboxylic acids is 4. The van der Waals surface area contributed by atoms with Gasteiger partial charge in [0.15, 0.2) is 0 Å². The Balaban J connectivity index is 1.96. The van der Waals surface area contributed by atoms with Crippen LogP contribution >= 0.6 is 0 Å². The molecule has 2 N–H and O–H groups in total. The summed E-state index contributed by atoms with van der Waals surface area (Å²) >= 11 is 0. The summed E-state index contributed by atoms with van der Waals surface area (Å²) in [6, 6.07) is 0. The summed E-state index contributed by atoms with van der Waals surface area (Å²) < 4.78 is 9.72. The van der Waals surface area contributed by atoms with Gasteiger partial charge in [0.05, 0.1) is 24.6 Å². The molecule has 0 atom stereocenters. The topological polar surface area (TPSA) is 111 Å². The predicted octanol–water partition coefficient (Wildman–Crippen LogP) is 1.96. The van der Waals surface area contributed by atoms with E-state index in [0.29, 0.717) is 0 Å². The molecular formula is C18H22N2O6. The van der Waals surface area contributed by atoms with Crippen LogP contribution in [-0.2, 0) is 19.1 Å². The molecule has 2 fully saturated rings. The molecular weight excluding hydrogens is 340 g/mol. The van der Waals surface area contributed by atoms with Gasteiger partial charge in [-0.25, -0.2) is 9.59 Å². The van der Waals surface area contributed by atoms with Crippen molar-refractivity contribution in [3.63, 3.8) is 0 Å². The number of amides is 2. The van der Waals surface area contributed by atoms with Gasteiger partial charge >= 0.3 is 12.2 Å². The fourth-order valence-electron chi connectivity index (χ4n) is 3.05. The van der Waals surface area contributed by atoms with Gasteiger partial charge in [-0.2, -0.15) is 0 Å². The molecule has 3 aliphatic rings. The van der Waals surface area contributed by atoms with Crippen molar-refractivity contribution in [2.75, 3.05) is 13.2 Å². The van der Waals surface area contributed by atoms with E-state index in [9.17, 15) is 19.2 Å². The standard InChI is InChI=1S/C18H22N2O6/c1-3-25-17(23)19-13-11(9-5-6-9)16(22)14(20-18(24)26-4-2)12(15(13)21)10-7-8-10/h9-10H,3-8H2,1-2H3,(H,19,23)(H,20,24). The zero-order valence-electron chi connectivity index (χ0n) is 14.8. The molecule has 2 saturated carbocycles. The van der Waals surface area contributed by atoms with E-state index in [-0.39, 0.29) is 47.6 Å². The van der Waals surface area contributed by atoms with Crippen molar-refractivity contribution in [2.24, 2.45) is 11.8 Å². The first-order chi connectivity index (χ1) is 12.5. The number of ketones is 2. The second kappa shape index (κ2) is 7.31. The minimum atomic E-state index is -0.765. The van der Waals surface area contributed by atoms with Crippen LogP contribution < -0.4 is 10.6 Å². The van der Waals surface area contributed by atoms with Crippen LogP contribution in [0.1, 0.15) is 39.5 Å². The highest BCUT2D eigenvalue weighted by Crippen LogP contribution is 2.46. The Morgan fingerprint density at radius 1 is 0.808 bits per heavy atom. The van der Waals surface area contributed by atoms with E-state index >= 15 is 0 Å². The monoisotopic (exact) mass is 362 g/mol. The van der Waals surface area contributed by atoms with Gasteiger partial charge in [0.2, 0.25) is 11.6 Å². The molecule has 0 saturated heterocycles. The number of hydrogen-bond donors (Lipinski definition) is 2. The molecule has 0 spiro atoms.